The van der Waals surface area contributed by atoms with Crippen molar-refractivity contribution in [2.45, 2.75) is 64.6 Å². The Hall–Kier alpha value is -3.14. The van der Waals surface area contributed by atoms with Crippen LogP contribution >= 0.6 is 0 Å². The summed E-state index contributed by atoms with van der Waals surface area (Å²) < 4.78 is 16.2. The molecule has 0 spiro atoms. The van der Waals surface area contributed by atoms with Gasteiger partial charge in [0.1, 0.15) is 0 Å². The SMILES string of the molecule is Cc1ccc(Nc2ncc(F)c(NC3CC(C)(C)N(C)C(C)(C)C3)n2)cc1-c1nnnn1C. The lowest BCUT2D eigenvalue weighted by Crippen LogP contribution is -2.61. The van der Waals surface area contributed by atoms with Gasteiger partial charge in [-0.05, 0) is 82.6 Å². The van der Waals surface area contributed by atoms with Gasteiger partial charge < -0.3 is 10.6 Å². The van der Waals surface area contributed by atoms with Gasteiger partial charge in [0.25, 0.3) is 0 Å². The van der Waals surface area contributed by atoms with E-state index < -0.39 is 5.82 Å². The van der Waals surface area contributed by atoms with Crippen LogP contribution in [0.2, 0.25) is 0 Å². The van der Waals surface area contributed by atoms with Gasteiger partial charge in [-0.15, -0.1) is 5.10 Å². The minimum atomic E-state index is -0.468. The molecule has 0 unspecified atom stereocenters. The topological polar surface area (TPSA) is 96.7 Å². The molecule has 10 heteroatoms. The number of tetrazole rings is 1. The van der Waals surface area contributed by atoms with E-state index in [1.165, 1.54) is 6.20 Å². The van der Waals surface area contributed by atoms with E-state index in [9.17, 15) is 4.39 Å². The second-order valence-electron chi connectivity index (χ2n) is 10.1. The average molecular weight is 454 g/mol. The molecule has 0 bridgehead atoms. The standard InChI is InChI=1S/C23H32FN9/c1-14-8-9-15(10-17(14)20-29-30-31-32(20)6)27-21-25-13-18(24)19(28-21)26-16-11-22(2,3)33(7)23(4,5)12-16/h8-10,13,16H,11-12H2,1-7H3,(H2,25,26,27,28). The fraction of sp³-hybridized carbons (Fsp3) is 0.522. The number of hydrogen-bond acceptors (Lipinski definition) is 8. The maximum Gasteiger partial charge on any atom is 0.229 e. The van der Waals surface area contributed by atoms with E-state index in [4.69, 9.17) is 0 Å². The zero-order valence-corrected chi connectivity index (χ0v) is 20.3. The highest BCUT2D eigenvalue weighted by Crippen LogP contribution is 2.38. The molecule has 176 valence electrons. The summed E-state index contributed by atoms with van der Waals surface area (Å²) in [5.41, 5.74) is 2.66. The second-order valence-corrected chi connectivity index (χ2v) is 10.1. The number of rotatable bonds is 5. The van der Waals surface area contributed by atoms with Gasteiger partial charge in [0, 0.05) is 35.4 Å². The number of halogens is 1. The normalized spacial score (nSPS) is 18.3. The molecule has 33 heavy (non-hydrogen) atoms. The van der Waals surface area contributed by atoms with Crippen molar-refractivity contribution in [2.75, 3.05) is 17.7 Å². The third-order valence-electron chi connectivity index (χ3n) is 6.75. The molecule has 0 radical (unpaired) electrons. The first-order valence-corrected chi connectivity index (χ1v) is 11.1. The first-order valence-electron chi connectivity index (χ1n) is 11.1. The lowest BCUT2D eigenvalue weighted by Gasteiger charge is -2.53. The Morgan fingerprint density at radius 2 is 1.79 bits per heavy atom. The van der Waals surface area contributed by atoms with Crippen molar-refractivity contribution >= 4 is 17.5 Å². The number of piperidine rings is 1. The molecular weight excluding hydrogens is 421 g/mol. The van der Waals surface area contributed by atoms with E-state index in [-0.39, 0.29) is 22.9 Å². The van der Waals surface area contributed by atoms with Crippen molar-refractivity contribution in [3.05, 3.63) is 35.8 Å². The summed E-state index contributed by atoms with van der Waals surface area (Å²) in [4.78, 5) is 11.0. The minimum absolute atomic E-state index is 0.0169. The van der Waals surface area contributed by atoms with Crippen LogP contribution in [0.25, 0.3) is 11.4 Å². The van der Waals surface area contributed by atoms with Crippen molar-refractivity contribution < 1.29 is 4.39 Å². The molecule has 4 rings (SSSR count). The van der Waals surface area contributed by atoms with E-state index >= 15 is 0 Å². The summed E-state index contributed by atoms with van der Waals surface area (Å²) in [6, 6.07) is 5.92. The Morgan fingerprint density at radius 1 is 1.09 bits per heavy atom. The predicted molar refractivity (Wildman–Crippen MR) is 127 cm³/mol. The summed E-state index contributed by atoms with van der Waals surface area (Å²) in [6.07, 6.45) is 2.96. The highest BCUT2D eigenvalue weighted by molar-refractivity contribution is 5.68. The smallest absolute Gasteiger partial charge is 0.229 e. The Kier molecular flexibility index (Phi) is 5.81. The van der Waals surface area contributed by atoms with E-state index in [0.29, 0.717) is 11.8 Å². The summed E-state index contributed by atoms with van der Waals surface area (Å²) in [7, 11) is 3.94. The predicted octanol–water partition coefficient (Wildman–Crippen LogP) is 3.92. The van der Waals surface area contributed by atoms with Crippen LogP contribution in [-0.2, 0) is 7.05 Å². The summed E-state index contributed by atoms with van der Waals surface area (Å²) >= 11 is 0. The molecule has 2 N–H and O–H groups in total. The van der Waals surface area contributed by atoms with Gasteiger partial charge in [-0.3, -0.25) is 4.90 Å². The Bertz CT molecular complexity index is 1140. The number of aromatic nitrogens is 6. The first-order chi connectivity index (χ1) is 15.5. The van der Waals surface area contributed by atoms with Crippen LogP contribution in [0.5, 0.6) is 0 Å². The lowest BCUT2D eigenvalue weighted by molar-refractivity contribution is -0.00778. The van der Waals surface area contributed by atoms with Crippen LogP contribution < -0.4 is 10.6 Å². The summed E-state index contributed by atoms with van der Waals surface area (Å²) in [5, 5.41) is 18.2. The molecule has 1 fully saturated rings. The Morgan fingerprint density at radius 3 is 2.42 bits per heavy atom. The van der Waals surface area contributed by atoms with E-state index in [1.54, 1.807) is 11.7 Å². The van der Waals surface area contributed by atoms with Crippen LogP contribution in [0.1, 0.15) is 46.1 Å². The molecule has 3 heterocycles. The molecule has 1 aliphatic heterocycles. The van der Waals surface area contributed by atoms with E-state index in [0.717, 1.165) is 29.7 Å². The highest BCUT2D eigenvalue weighted by atomic mass is 19.1. The summed E-state index contributed by atoms with van der Waals surface area (Å²) in [5.74, 6) is 0.714. The number of anilines is 3. The molecule has 1 aliphatic rings. The molecule has 9 nitrogen and oxygen atoms in total. The molecule has 1 saturated heterocycles. The number of aryl methyl sites for hydroxylation is 2. The van der Waals surface area contributed by atoms with Gasteiger partial charge >= 0.3 is 0 Å². The number of nitrogens with one attached hydrogen (secondary N) is 2. The summed E-state index contributed by atoms with van der Waals surface area (Å²) in [6.45, 7) is 10.9. The molecule has 0 saturated carbocycles. The maximum atomic E-state index is 14.6. The fourth-order valence-corrected chi connectivity index (χ4v) is 4.72. The zero-order valence-electron chi connectivity index (χ0n) is 20.3. The van der Waals surface area contributed by atoms with Gasteiger partial charge in [0.2, 0.25) is 5.95 Å². The lowest BCUT2D eigenvalue weighted by atomic mass is 9.77. The van der Waals surface area contributed by atoms with E-state index in [2.05, 4.69) is 75.8 Å². The largest absolute Gasteiger partial charge is 0.365 e. The first kappa shape index (κ1) is 23.0. The van der Waals surface area contributed by atoms with Crippen molar-refractivity contribution in [2.24, 2.45) is 7.05 Å². The number of hydrogen-bond donors (Lipinski definition) is 2. The van der Waals surface area contributed by atoms with Gasteiger partial charge in [-0.2, -0.15) is 4.98 Å². The molecule has 1 aromatic carbocycles. The third kappa shape index (κ3) is 4.66. The molecule has 3 aromatic rings. The fourth-order valence-electron chi connectivity index (χ4n) is 4.72. The third-order valence-corrected chi connectivity index (χ3v) is 6.75. The van der Waals surface area contributed by atoms with Gasteiger partial charge in [0.15, 0.2) is 17.5 Å². The second kappa shape index (κ2) is 8.33. The van der Waals surface area contributed by atoms with Crippen LogP contribution in [0.4, 0.5) is 21.8 Å². The quantitative estimate of drug-likeness (QED) is 0.600. The van der Waals surface area contributed by atoms with Crippen LogP contribution in [0, 0.1) is 12.7 Å². The average Bonchev–Trinajstić information content (AvgIpc) is 3.15. The molecular formula is C23H32FN9. The molecule has 2 aromatic heterocycles. The van der Waals surface area contributed by atoms with Crippen molar-refractivity contribution in [3.8, 4) is 11.4 Å². The van der Waals surface area contributed by atoms with Gasteiger partial charge in [-0.1, -0.05) is 6.07 Å². The van der Waals surface area contributed by atoms with Crippen LogP contribution in [-0.4, -0.2) is 59.2 Å². The van der Waals surface area contributed by atoms with Crippen molar-refractivity contribution in [3.63, 3.8) is 0 Å². The maximum absolute atomic E-state index is 14.6. The zero-order chi connectivity index (χ0) is 24.0. The van der Waals surface area contributed by atoms with Gasteiger partial charge in [-0.25, -0.2) is 14.1 Å². The van der Waals surface area contributed by atoms with Crippen molar-refractivity contribution in [1.82, 2.24) is 35.1 Å². The number of likely N-dealkylation sites (tertiary alicyclic amines) is 1. The number of nitrogens with zero attached hydrogens (tertiary/aromatic N) is 7. The highest BCUT2D eigenvalue weighted by Gasteiger charge is 2.43. The molecule has 0 amide bonds. The van der Waals surface area contributed by atoms with Gasteiger partial charge in [0.05, 0.1) is 6.20 Å². The van der Waals surface area contributed by atoms with Crippen LogP contribution in [0.15, 0.2) is 24.4 Å². The monoisotopic (exact) mass is 453 g/mol. The van der Waals surface area contributed by atoms with E-state index in [1.807, 2.05) is 25.1 Å². The van der Waals surface area contributed by atoms with Crippen LogP contribution in [0.3, 0.4) is 0 Å². The number of benzene rings is 1. The Labute approximate surface area is 193 Å². The molecule has 0 aliphatic carbocycles. The minimum Gasteiger partial charge on any atom is -0.365 e. The molecule has 0 atom stereocenters. The Balaban J connectivity index is 1.56. The van der Waals surface area contributed by atoms with Crippen molar-refractivity contribution in [1.29, 1.82) is 0 Å².